The Morgan fingerprint density at radius 1 is 0.518 bits per heavy atom. The number of rotatable bonds is 10. The van der Waals surface area contributed by atoms with Crippen LogP contribution in [0.1, 0.15) is 62.3 Å². The number of ether oxygens (including phenoxy) is 6. The first-order chi connectivity index (χ1) is 25.4. The van der Waals surface area contributed by atoms with E-state index in [1.165, 1.54) is 80.5 Å². The number of carbonyl (C=O) groups is 3. The Morgan fingerprint density at radius 3 is 1.04 bits per heavy atom. The van der Waals surface area contributed by atoms with Crippen LogP contribution < -0.4 is 14.2 Å². The Labute approximate surface area is 320 Å². The van der Waals surface area contributed by atoms with Gasteiger partial charge in [-0.25, -0.2) is 22.4 Å². The van der Waals surface area contributed by atoms with Gasteiger partial charge in [-0.15, -0.1) is 0 Å². The molecule has 0 aromatic heterocycles. The summed E-state index contributed by atoms with van der Waals surface area (Å²) in [6.07, 6.45) is -16.1. The van der Waals surface area contributed by atoms with Crippen LogP contribution in [-0.4, -0.2) is 61.3 Å². The van der Waals surface area contributed by atoms with Crippen molar-refractivity contribution in [1.82, 2.24) is 0 Å². The second-order valence-electron chi connectivity index (χ2n) is 14.6. The Bertz CT molecular complexity index is 1840. The molecule has 3 rings (SSSR count). The number of para-hydroxylation sites is 3. The first-order valence-corrected chi connectivity index (χ1v) is 19.2. The molecule has 310 valence electrons. The monoisotopic (exact) mass is 842 g/mol. The smallest absolute Gasteiger partial charge is 0.428 e. The minimum atomic E-state index is -7.17. The van der Waals surface area contributed by atoms with E-state index >= 15 is 8.78 Å². The lowest BCUT2D eigenvalue weighted by Crippen LogP contribution is -2.48. The lowest BCUT2D eigenvalue weighted by Gasteiger charge is -2.41. The van der Waals surface area contributed by atoms with E-state index in [9.17, 15) is 40.4 Å². The van der Waals surface area contributed by atoms with Crippen LogP contribution in [0.3, 0.4) is 0 Å². The van der Waals surface area contributed by atoms with Crippen LogP contribution in [0.2, 0.25) is 0 Å². The molecule has 3 aromatic carbocycles. The van der Waals surface area contributed by atoms with Crippen LogP contribution in [0.4, 0.5) is 40.7 Å². The van der Waals surface area contributed by atoms with Crippen LogP contribution in [0.25, 0.3) is 0 Å². The molecule has 1 unspecified atom stereocenters. The molecule has 0 amide bonds. The largest absolute Gasteiger partial charge is 0.514 e. The van der Waals surface area contributed by atoms with E-state index in [1.54, 1.807) is 0 Å². The van der Waals surface area contributed by atoms with Gasteiger partial charge >= 0.3 is 40.0 Å². The molecular weight excluding hydrogens is 803 g/mol. The first kappa shape index (κ1) is 45.7. The summed E-state index contributed by atoms with van der Waals surface area (Å²) in [4.78, 5) is 37.0. The highest BCUT2D eigenvalue weighted by atomic mass is 32.3. The van der Waals surface area contributed by atoms with Crippen LogP contribution in [0, 0.1) is 0 Å². The van der Waals surface area contributed by atoms with Crippen molar-refractivity contribution in [1.29, 1.82) is 0 Å². The van der Waals surface area contributed by atoms with Crippen molar-refractivity contribution in [3.05, 3.63) is 72.8 Å². The molecule has 0 bridgehead atoms. The van der Waals surface area contributed by atoms with Crippen molar-refractivity contribution in [2.45, 2.75) is 111 Å². The molecule has 12 nitrogen and oxygen atoms in total. The van der Waals surface area contributed by atoms with E-state index in [2.05, 4.69) is 0 Å². The highest BCUT2D eigenvalue weighted by Crippen LogP contribution is 2.76. The van der Waals surface area contributed by atoms with Gasteiger partial charge in [-0.2, -0.15) is 30.4 Å². The molecule has 0 N–H and O–H groups in total. The van der Waals surface area contributed by atoms with Gasteiger partial charge < -0.3 is 28.4 Å². The molecule has 20 heteroatoms. The number of benzene rings is 3. The van der Waals surface area contributed by atoms with Crippen LogP contribution in [-0.2, 0) is 28.0 Å². The minimum Gasteiger partial charge on any atom is -0.428 e. The van der Waals surface area contributed by atoms with E-state index in [4.69, 9.17) is 32.1 Å². The predicted molar refractivity (Wildman–Crippen MR) is 188 cm³/mol. The van der Waals surface area contributed by atoms with Crippen molar-refractivity contribution in [2.75, 3.05) is 0 Å². The van der Waals surface area contributed by atoms with Gasteiger partial charge in [-0.05, 0) is 109 Å². The normalized spacial score (nSPS) is 13.9. The fourth-order valence-corrected chi connectivity index (χ4v) is 9.77. The van der Waals surface area contributed by atoms with Crippen molar-refractivity contribution < 1.29 is 81.2 Å². The predicted octanol–water partition coefficient (Wildman–Crippen LogP) is 10.7. The molecule has 3 aromatic rings. The molecule has 56 heavy (non-hydrogen) atoms. The zero-order valence-corrected chi connectivity index (χ0v) is 33.1. The second-order valence-corrected chi connectivity index (χ2v) is 19.0. The van der Waals surface area contributed by atoms with E-state index in [0.717, 1.165) is 54.6 Å². The fraction of sp³-hybridized carbons (Fsp3) is 0.417. The van der Waals surface area contributed by atoms with Crippen LogP contribution in [0.5, 0.6) is 17.2 Å². The molecule has 0 saturated carbocycles. The molecule has 0 radical (unpaired) electrons. The summed E-state index contributed by atoms with van der Waals surface area (Å²) < 4.78 is 151. The molecule has 0 fully saturated rings. The average Bonchev–Trinajstić information content (AvgIpc) is 3.01. The van der Waals surface area contributed by atoms with E-state index in [-0.39, 0.29) is 0 Å². The Balaban J connectivity index is 2.63. The van der Waals surface area contributed by atoms with Gasteiger partial charge in [0.25, 0.3) is 6.17 Å². The zero-order valence-electron chi connectivity index (χ0n) is 31.5. The number of alkyl halides is 6. The topological polar surface area (TPSA) is 150 Å². The third kappa shape index (κ3) is 11.4. The lowest BCUT2D eigenvalue weighted by atomic mass is 10.2. The van der Waals surface area contributed by atoms with E-state index < -0.39 is 105 Å². The Morgan fingerprint density at radius 2 is 0.786 bits per heavy atom. The summed E-state index contributed by atoms with van der Waals surface area (Å²) in [5, 5.41) is -6.37. The molecule has 1 atom stereocenters. The molecular formula is C36H40F6O12S2. The van der Waals surface area contributed by atoms with Crippen molar-refractivity contribution in [3.63, 3.8) is 0 Å². The van der Waals surface area contributed by atoms with Gasteiger partial charge in [0.1, 0.15) is 34.1 Å². The highest BCUT2D eigenvalue weighted by Gasteiger charge is 2.67. The van der Waals surface area contributed by atoms with Gasteiger partial charge in [0.05, 0.1) is 14.7 Å². The maximum absolute atomic E-state index is 15.5. The zero-order chi connectivity index (χ0) is 42.7. The maximum Gasteiger partial charge on any atom is 0.514 e. The summed E-state index contributed by atoms with van der Waals surface area (Å²) in [6, 6.07) is 13.1. The van der Waals surface area contributed by atoms with Gasteiger partial charge in [0.2, 0.25) is 0 Å². The van der Waals surface area contributed by atoms with Gasteiger partial charge in [0.15, 0.2) is 0 Å². The van der Waals surface area contributed by atoms with Gasteiger partial charge in [-0.3, -0.25) is 0 Å². The van der Waals surface area contributed by atoms with Crippen LogP contribution >= 0.6 is 10.3 Å². The number of hydrogen-bond acceptors (Lipinski definition) is 12. The third-order valence-corrected chi connectivity index (χ3v) is 11.6. The van der Waals surface area contributed by atoms with Crippen LogP contribution in [0.15, 0.2) is 87.5 Å². The maximum atomic E-state index is 15.5. The van der Waals surface area contributed by atoms with E-state index in [0.29, 0.717) is 0 Å². The lowest BCUT2D eigenvalue weighted by molar-refractivity contribution is -0.222. The summed E-state index contributed by atoms with van der Waals surface area (Å²) >= 11 is 0. The molecule has 0 aliphatic heterocycles. The number of carbonyl (C=O) groups excluding carboxylic acids is 3. The minimum absolute atomic E-state index is 0.706. The Hall–Kier alpha value is -4.69. The molecule has 0 spiro atoms. The van der Waals surface area contributed by atoms with Gasteiger partial charge in [-0.1, -0.05) is 36.4 Å². The van der Waals surface area contributed by atoms with Gasteiger partial charge in [0, 0.05) is 0 Å². The van der Waals surface area contributed by atoms with Crippen molar-refractivity contribution >= 4 is 38.9 Å². The number of hydrogen-bond donors (Lipinski definition) is 0. The average molecular weight is 843 g/mol. The van der Waals surface area contributed by atoms with E-state index in [1.807, 2.05) is 0 Å². The quantitative estimate of drug-likeness (QED) is 0.0827. The summed E-state index contributed by atoms with van der Waals surface area (Å²) in [5.74, 6) is -2.12. The molecule has 0 heterocycles. The van der Waals surface area contributed by atoms with Crippen molar-refractivity contribution in [3.8, 4) is 17.2 Å². The van der Waals surface area contributed by atoms with Crippen molar-refractivity contribution in [2.24, 2.45) is 0 Å². The summed E-state index contributed by atoms with van der Waals surface area (Å²) in [7, 11) is -12.1. The SMILES string of the molecule is CC(C)(C)OC(=O)Oc1ccccc1S(OS(=O)(=O)C(F)(F)C(F)C(F)(F)F)(c1ccccc1OC(=O)OC(C)(C)C)c1ccccc1OC(=O)OC(C)(C)C. The standard InChI is InChI=1S/C36H40F6O12S2/c1-32(2,3)51-29(43)48-22-16-10-13-19-25(22)55(54-56(46,47)36(41,42)28(37)35(38,39)40,26-20-14-11-17-23(26)49-30(44)52-33(4,5)6)27-21-15-12-18-24(27)50-31(45)53-34(7,8)9/h10-21,28H,1-9H3. The fourth-order valence-electron chi connectivity index (χ4n) is 4.36. The summed E-state index contributed by atoms with van der Waals surface area (Å²) in [5.41, 5.74) is -3.60. The molecule has 0 aliphatic carbocycles. The first-order valence-electron chi connectivity index (χ1n) is 16.3. The second kappa shape index (κ2) is 16.4. The highest BCUT2D eigenvalue weighted by molar-refractivity contribution is 8.33. The molecule has 0 aliphatic rings. The number of halogens is 6. The Kier molecular flexibility index (Phi) is 13.4. The summed E-state index contributed by atoms with van der Waals surface area (Å²) in [6.45, 7) is 13.1. The third-order valence-electron chi connectivity index (χ3n) is 6.33. The molecule has 0 saturated heterocycles.